The molecule has 0 bridgehead atoms. The molecule has 3 atom stereocenters. The number of hydrogen-bond acceptors (Lipinski definition) is 8. The molecular weight excluding hydrogens is 704 g/mol. The van der Waals surface area contributed by atoms with Crippen LogP contribution in [0, 0.1) is 17.7 Å². The van der Waals surface area contributed by atoms with E-state index < -0.39 is 26.0 Å². The van der Waals surface area contributed by atoms with Crippen molar-refractivity contribution in [2.24, 2.45) is 11.8 Å². The molecule has 0 unspecified atom stereocenters. The fourth-order valence-electron chi connectivity index (χ4n) is 8.35. The van der Waals surface area contributed by atoms with Gasteiger partial charge in [-0.05, 0) is 94.8 Å². The molecule has 2 aliphatic heterocycles. The fourth-order valence-corrected chi connectivity index (χ4v) is 11.9. The van der Waals surface area contributed by atoms with Crippen LogP contribution in [0.2, 0.25) is 0 Å². The molecule has 11 nitrogen and oxygen atoms in total. The summed E-state index contributed by atoms with van der Waals surface area (Å²) < 4.78 is 82.0. The third kappa shape index (κ3) is 9.97. The molecule has 3 aliphatic rings. The van der Waals surface area contributed by atoms with Gasteiger partial charge in [-0.15, -0.1) is 0 Å². The number of nitrogens with zero attached hydrogens (tertiary/aromatic N) is 6. The molecule has 14 heteroatoms. The molecule has 2 aromatic rings. The lowest BCUT2D eigenvalue weighted by Gasteiger charge is -2.46. The monoisotopic (exact) mass is 764 g/mol. The number of ether oxygens (including phenoxy) is 1. The maximum Gasteiger partial charge on any atom is 0.282 e. The van der Waals surface area contributed by atoms with Crippen LogP contribution in [0.1, 0.15) is 65.7 Å². The number of hydrogen-bond donors (Lipinski definition) is 0. The van der Waals surface area contributed by atoms with Crippen LogP contribution in [0.3, 0.4) is 0 Å². The second kappa shape index (κ2) is 17.8. The SMILES string of the molecule is COc1cc(F)cc(N2[C@@H](C)CN(S(=O)(=O)N3CCCN(CC4CCCCC4)CCCN(S(=O)(=O)c4ccc(N(C)C)cc4)C[C@H](C)C3)C[C@@H]2C)c1. The first kappa shape index (κ1) is 40.7. The molecular formula is C38H61FN6O5S2. The lowest BCUT2D eigenvalue weighted by atomic mass is 9.89. The van der Waals surface area contributed by atoms with Gasteiger partial charge in [0.1, 0.15) is 11.6 Å². The summed E-state index contributed by atoms with van der Waals surface area (Å²) in [7, 11) is -2.39. The Kier molecular flexibility index (Phi) is 13.9. The van der Waals surface area contributed by atoms with Crippen molar-refractivity contribution in [2.75, 3.05) is 89.9 Å². The predicted octanol–water partition coefficient (Wildman–Crippen LogP) is 5.35. The zero-order valence-corrected chi connectivity index (χ0v) is 33.7. The van der Waals surface area contributed by atoms with Crippen LogP contribution in [-0.2, 0) is 20.2 Å². The standard InChI is InChI=1S/C38H61FN6O5S2/c1-30-25-42(51(46,47)38-16-14-35(15-17-38)40(4)5)20-10-18-41(29-33-12-8-7-9-13-33)19-11-21-43(26-30)52(48,49)44-27-31(2)45(32(3)28-44)36-22-34(39)23-37(24-36)50-6/h14-17,22-24,30-33H,7-13,18-21,25-29H2,1-6H3/t30-,31-,32-/m0/s1. The summed E-state index contributed by atoms with van der Waals surface area (Å²) in [4.78, 5) is 6.69. The van der Waals surface area contributed by atoms with Crippen molar-refractivity contribution >= 4 is 31.6 Å². The van der Waals surface area contributed by atoms with Gasteiger partial charge in [-0.3, -0.25) is 0 Å². The first-order valence-corrected chi connectivity index (χ1v) is 21.9. The number of methoxy groups -OCH3 is 1. The Labute approximate surface area is 312 Å². The van der Waals surface area contributed by atoms with E-state index in [9.17, 15) is 21.2 Å². The molecule has 2 saturated heterocycles. The maximum atomic E-state index is 14.6. The van der Waals surface area contributed by atoms with Crippen LogP contribution in [0.15, 0.2) is 47.4 Å². The average molecular weight is 765 g/mol. The first-order valence-electron chi connectivity index (χ1n) is 19.1. The molecule has 2 aromatic carbocycles. The molecule has 1 saturated carbocycles. The minimum Gasteiger partial charge on any atom is -0.497 e. The van der Waals surface area contributed by atoms with E-state index >= 15 is 0 Å². The molecule has 5 rings (SSSR count). The Morgan fingerprint density at radius 3 is 1.94 bits per heavy atom. The van der Waals surface area contributed by atoms with E-state index in [0.29, 0.717) is 43.3 Å². The number of sulfonamides is 1. The van der Waals surface area contributed by atoms with E-state index in [2.05, 4.69) is 9.80 Å². The highest BCUT2D eigenvalue weighted by molar-refractivity contribution is 7.89. The second-order valence-corrected chi connectivity index (χ2v) is 19.4. The van der Waals surface area contributed by atoms with Crippen molar-refractivity contribution in [1.29, 1.82) is 0 Å². The van der Waals surface area contributed by atoms with Gasteiger partial charge in [0.05, 0.1) is 12.0 Å². The molecule has 0 spiro atoms. The van der Waals surface area contributed by atoms with Crippen LogP contribution in [-0.4, -0.2) is 127 Å². The Morgan fingerprint density at radius 1 is 0.750 bits per heavy atom. The van der Waals surface area contributed by atoms with Gasteiger partial charge in [0.25, 0.3) is 10.2 Å². The number of benzene rings is 2. The van der Waals surface area contributed by atoms with Gasteiger partial charge in [-0.2, -0.15) is 21.3 Å². The summed E-state index contributed by atoms with van der Waals surface area (Å²) in [6.07, 6.45) is 7.62. The highest BCUT2D eigenvalue weighted by atomic mass is 32.2. The van der Waals surface area contributed by atoms with Crippen molar-refractivity contribution in [1.82, 2.24) is 17.8 Å². The first-order chi connectivity index (χ1) is 24.7. The van der Waals surface area contributed by atoms with Crippen LogP contribution in [0.25, 0.3) is 0 Å². The minimum atomic E-state index is -3.91. The third-order valence-corrected chi connectivity index (χ3v) is 14.8. The van der Waals surface area contributed by atoms with Crippen LogP contribution >= 0.6 is 0 Å². The fraction of sp³-hybridized carbons (Fsp3) is 0.684. The van der Waals surface area contributed by atoms with Gasteiger partial charge in [0.2, 0.25) is 10.0 Å². The Bertz CT molecular complexity index is 1660. The number of anilines is 2. The topological polar surface area (TPSA) is 97.0 Å². The normalized spacial score (nSPS) is 25.0. The van der Waals surface area contributed by atoms with E-state index in [1.807, 2.05) is 51.9 Å². The lowest BCUT2D eigenvalue weighted by molar-refractivity contribution is 0.178. The van der Waals surface area contributed by atoms with Gasteiger partial charge in [0.15, 0.2) is 0 Å². The smallest absolute Gasteiger partial charge is 0.282 e. The molecule has 0 N–H and O–H groups in total. The highest BCUT2D eigenvalue weighted by Crippen LogP contribution is 2.31. The minimum absolute atomic E-state index is 0.209. The van der Waals surface area contributed by atoms with Gasteiger partial charge in [-0.25, -0.2) is 12.8 Å². The van der Waals surface area contributed by atoms with E-state index in [0.717, 1.165) is 25.3 Å². The summed E-state index contributed by atoms with van der Waals surface area (Å²) in [6.45, 7) is 10.0. The van der Waals surface area contributed by atoms with Crippen LogP contribution in [0.5, 0.6) is 5.75 Å². The van der Waals surface area contributed by atoms with Crippen molar-refractivity contribution in [3.63, 3.8) is 0 Å². The van der Waals surface area contributed by atoms with E-state index in [4.69, 9.17) is 4.74 Å². The summed E-state index contributed by atoms with van der Waals surface area (Å²) in [5.41, 5.74) is 1.57. The zero-order valence-electron chi connectivity index (χ0n) is 32.1. The number of halogens is 1. The van der Waals surface area contributed by atoms with Gasteiger partial charge >= 0.3 is 0 Å². The van der Waals surface area contributed by atoms with Crippen molar-refractivity contribution in [3.05, 3.63) is 48.3 Å². The molecule has 1 aliphatic carbocycles. The summed E-state index contributed by atoms with van der Waals surface area (Å²) in [5, 5.41) is 0. The summed E-state index contributed by atoms with van der Waals surface area (Å²) in [5.74, 6) is 0.376. The summed E-state index contributed by atoms with van der Waals surface area (Å²) >= 11 is 0. The lowest BCUT2D eigenvalue weighted by Crippen LogP contribution is -2.61. The van der Waals surface area contributed by atoms with E-state index in [1.54, 1.807) is 31.1 Å². The molecule has 52 heavy (non-hydrogen) atoms. The van der Waals surface area contributed by atoms with Crippen molar-refractivity contribution in [3.8, 4) is 5.75 Å². The second-order valence-electron chi connectivity index (χ2n) is 15.5. The van der Waals surface area contributed by atoms with Crippen molar-refractivity contribution in [2.45, 2.75) is 82.7 Å². The number of rotatable bonds is 9. The number of piperazine rings is 1. The Balaban J connectivity index is 1.38. The third-order valence-electron chi connectivity index (χ3n) is 11.0. The largest absolute Gasteiger partial charge is 0.497 e. The Hall–Kier alpha value is -2.49. The molecule has 3 fully saturated rings. The predicted molar refractivity (Wildman–Crippen MR) is 207 cm³/mol. The van der Waals surface area contributed by atoms with Gasteiger partial charge < -0.3 is 19.4 Å². The zero-order chi connectivity index (χ0) is 37.6. The highest BCUT2D eigenvalue weighted by Gasteiger charge is 2.39. The molecule has 292 valence electrons. The van der Waals surface area contributed by atoms with Gasteiger partial charge in [0, 0.05) is 95.5 Å². The molecule has 2 heterocycles. The van der Waals surface area contributed by atoms with Crippen molar-refractivity contribution < 1.29 is 26.0 Å². The molecule has 0 radical (unpaired) electrons. The quantitative estimate of drug-likeness (QED) is 0.338. The van der Waals surface area contributed by atoms with E-state index in [1.165, 1.54) is 51.3 Å². The van der Waals surface area contributed by atoms with E-state index in [-0.39, 0.29) is 49.1 Å². The summed E-state index contributed by atoms with van der Waals surface area (Å²) in [6, 6.07) is 11.1. The molecule has 0 amide bonds. The van der Waals surface area contributed by atoms with Crippen LogP contribution in [0.4, 0.5) is 15.8 Å². The average Bonchev–Trinajstić information content (AvgIpc) is 3.09. The van der Waals surface area contributed by atoms with Gasteiger partial charge in [-0.1, -0.05) is 26.2 Å². The maximum absolute atomic E-state index is 14.6. The molecule has 0 aromatic heterocycles. The van der Waals surface area contributed by atoms with Crippen LogP contribution < -0.4 is 14.5 Å². The Morgan fingerprint density at radius 2 is 1.35 bits per heavy atom.